The van der Waals surface area contributed by atoms with Gasteiger partial charge in [0.25, 0.3) is 0 Å². The van der Waals surface area contributed by atoms with Crippen LogP contribution in [0.4, 0.5) is 0 Å². The van der Waals surface area contributed by atoms with Crippen molar-refractivity contribution in [3.05, 3.63) is 175 Å². The van der Waals surface area contributed by atoms with Crippen LogP contribution in [0.1, 0.15) is 31.9 Å². The van der Waals surface area contributed by atoms with Crippen molar-refractivity contribution in [3.63, 3.8) is 0 Å². The predicted molar refractivity (Wildman–Crippen MR) is 220 cm³/mol. The van der Waals surface area contributed by atoms with Crippen molar-refractivity contribution in [2.45, 2.75) is 26.2 Å². The van der Waals surface area contributed by atoms with Crippen LogP contribution in [-0.4, -0.2) is 0 Å². The van der Waals surface area contributed by atoms with Gasteiger partial charge in [0.15, 0.2) is 0 Å². The van der Waals surface area contributed by atoms with Crippen molar-refractivity contribution in [1.29, 1.82) is 0 Å². The highest BCUT2D eigenvalue weighted by Gasteiger charge is 2.37. The van der Waals surface area contributed by atoms with Gasteiger partial charge >= 0.3 is 0 Å². The van der Waals surface area contributed by atoms with Crippen molar-refractivity contribution in [2.24, 2.45) is 0 Å². The fourth-order valence-electron chi connectivity index (χ4n) is 9.08. The van der Waals surface area contributed by atoms with Crippen LogP contribution < -0.4 is 0 Å². The van der Waals surface area contributed by atoms with Crippen molar-refractivity contribution >= 4 is 70.6 Å². The molecule has 0 amide bonds. The normalized spacial score (nSPS) is 14.3. The van der Waals surface area contributed by atoms with Gasteiger partial charge in [-0.1, -0.05) is 148 Å². The van der Waals surface area contributed by atoms with E-state index in [1.54, 1.807) is 0 Å². The molecule has 51 heavy (non-hydrogen) atoms. The molecule has 0 bridgehead atoms. The first-order chi connectivity index (χ1) is 25.0. The maximum absolute atomic E-state index is 6.53. The second kappa shape index (κ2) is 10.9. The zero-order valence-corrected chi connectivity index (χ0v) is 29.0. The summed E-state index contributed by atoms with van der Waals surface area (Å²) < 4.78 is 6.53. The average molecular weight is 653 g/mol. The molecule has 0 spiro atoms. The lowest BCUT2D eigenvalue weighted by Gasteiger charge is -2.25. The molecule has 0 fully saturated rings. The smallest absolute Gasteiger partial charge is 0.143 e. The van der Waals surface area contributed by atoms with E-state index in [0.717, 1.165) is 27.3 Å². The Morgan fingerprint density at radius 1 is 0.549 bits per heavy atom. The van der Waals surface area contributed by atoms with Gasteiger partial charge in [0.1, 0.15) is 11.2 Å². The largest absolute Gasteiger partial charge is 0.455 e. The Kier molecular flexibility index (Phi) is 6.36. The fraction of sp³-hybridized carbons (Fsp3) is 0.0800. The van der Waals surface area contributed by atoms with E-state index in [2.05, 4.69) is 179 Å². The molecular weight excluding hydrogens is 617 g/mol. The molecule has 0 atom stereocenters. The van der Waals surface area contributed by atoms with E-state index in [1.165, 1.54) is 82.2 Å². The second-order valence-electron chi connectivity index (χ2n) is 14.4. The van der Waals surface area contributed by atoms with Crippen LogP contribution in [0.5, 0.6) is 0 Å². The molecular formula is C50H36O. The molecule has 1 aromatic heterocycles. The number of furan rings is 1. The van der Waals surface area contributed by atoms with E-state index in [1.807, 2.05) is 0 Å². The summed E-state index contributed by atoms with van der Waals surface area (Å²) in [7, 11) is 0. The monoisotopic (exact) mass is 652 g/mol. The standard InChI is InChI=1S/C50H36O/c1-5-15-40-43(6-2)50(3,4)44-29-42(33-18-9-10-19-34(33)48(40)44)47-37-22-13-11-20-35(37)46(36-21-12-14-23-38(36)47)31-25-27-45-41(28-31)39-26-24-30-16-7-8-17-32(30)49(39)51-45/h5-29H,2H2,1,3-4H3/b15-5-. The Morgan fingerprint density at radius 3 is 1.78 bits per heavy atom. The number of hydrogen-bond donors (Lipinski definition) is 0. The first-order valence-electron chi connectivity index (χ1n) is 17.8. The van der Waals surface area contributed by atoms with Gasteiger partial charge in [-0.25, -0.2) is 0 Å². The minimum Gasteiger partial charge on any atom is -0.455 e. The molecule has 242 valence electrons. The van der Waals surface area contributed by atoms with Gasteiger partial charge in [-0.3, -0.25) is 0 Å². The molecule has 0 saturated heterocycles. The first-order valence-corrected chi connectivity index (χ1v) is 17.8. The molecule has 0 N–H and O–H groups in total. The van der Waals surface area contributed by atoms with Crippen molar-refractivity contribution in [1.82, 2.24) is 0 Å². The Labute approximate surface area is 297 Å². The third kappa shape index (κ3) is 4.09. The Morgan fingerprint density at radius 2 is 1.14 bits per heavy atom. The molecule has 1 nitrogen and oxygen atoms in total. The van der Waals surface area contributed by atoms with Crippen molar-refractivity contribution < 1.29 is 4.42 Å². The summed E-state index contributed by atoms with van der Waals surface area (Å²) in [5.41, 5.74) is 11.9. The average Bonchev–Trinajstić information content (AvgIpc) is 3.64. The van der Waals surface area contributed by atoms with Crippen LogP contribution in [0, 0.1) is 0 Å². The van der Waals surface area contributed by atoms with Crippen LogP contribution in [0.2, 0.25) is 0 Å². The topological polar surface area (TPSA) is 13.1 Å². The maximum Gasteiger partial charge on any atom is 0.143 e. The lowest BCUT2D eigenvalue weighted by Crippen LogP contribution is -2.16. The molecule has 8 aromatic carbocycles. The van der Waals surface area contributed by atoms with Crippen LogP contribution in [0.15, 0.2) is 168 Å². The van der Waals surface area contributed by atoms with Crippen LogP contribution in [0.25, 0.3) is 92.9 Å². The zero-order valence-electron chi connectivity index (χ0n) is 29.0. The molecule has 0 unspecified atom stereocenters. The summed E-state index contributed by atoms with van der Waals surface area (Å²) in [5.74, 6) is 0. The molecule has 1 aliphatic carbocycles. The van der Waals surface area contributed by atoms with Crippen LogP contribution in [0.3, 0.4) is 0 Å². The summed E-state index contributed by atoms with van der Waals surface area (Å²) in [6.07, 6.45) is 6.48. The summed E-state index contributed by atoms with van der Waals surface area (Å²) >= 11 is 0. The summed E-state index contributed by atoms with van der Waals surface area (Å²) in [4.78, 5) is 0. The highest BCUT2D eigenvalue weighted by molar-refractivity contribution is 6.25. The van der Waals surface area contributed by atoms with Gasteiger partial charge in [-0.15, -0.1) is 0 Å². The number of rotatable bonds is 4. The first kappa shape index (κ1) is 29.7. The number of hydrogen-bond acceptors (Lipinski definition) is 1. The zero-order chi connectivity index (χ0) is 34.4. The van der Waals surface area contributed by atoms with Gasteiger partial charge in [-0.2, -0.15) is 0 Å². The third-order valence-electron chi connectivity index (χ3n) is 11.3. The maximum atomic E-state index is 6.53. The SMILES string of the molecule is C=CC1=C(/C=C\C)c2c(cc(-c3c4ccccc4c(-c4ccc5oc6c7ccccc7ccc6c5c4)c4ccccc34)c3ccccc23)C1(C)C. The van der Waals surface area contributed by atoms with E-state index in [0.29, 0.717) is 0 Å². The Bertz CT molecular complexity index is 2960. The van der Waals surface area contributed by atoms with E-state index in [-0.39, 0.29) is 5.41 Å². The van der Waals surface area contributed by atoms with Gasteiger partial charge < -0.3 is 4.42 Å². The van der Waals surface area contributed by atoms with Crippen molar-refractivity contribution in [3.8, 4) is 22.3 Å². The third-order valence-corrected chi connectivity index (χ3v) is 11.3. The van der Waals surface area contributed by atoms with Crippen LogP contribution >= 0.6 is 0 Å². The summed E-state index contributed by atoms with van der Waals surface area (Å²) in [6.45, 7) is 11.1. The number of fused-ring (bicyclic) bond motifs is 10. The molecule has 1 aliphatic rings. The van der Waals surface area contributed by atoms with E-state index >= 15 is 0 Å². The quantitative estimate of drug-likeness (QED) is 0.172. The van der Waals surface area contributed by atoms with Gasteiger partial charge in [0.05, 0.1) is 0 Å². The number of allylic oxidation sites excluding steroid dienone is 5. The molecule has 1 heteroatoms. The lowest BCUT2D eigenvalue weighted by atomic mass is 9.78. The van der Waals surface area contributed by atoms with Crippen molar-refractivity contribution in [2.75, 3.05) is 0 Å². The minimum atomic E-state index is -0.190. The van der Waals surface area contributed by atoms with Crippen LogP contribution in [-0.2, 0) is 5.41 Å². The van der Waals surface area contributed by atoms with E-state index in [4.69, 9.17) is 4.42 Å². The molecule has 1 heterocycles. The molecule has 0 radical (unpaired) electrons. The Hall–Kier alpha value is -6.18. The predicted octanol–water partition coefficient (Wildman–Crippen LogP) is 14.3. The van der Waals surface area contributed by atoms with Gasteiger partial charge in [0.2, 0.25) is 0 Å². The fourth-order valence-corrected chi connectivity index (χ4v) is 9.08. The van der Waals surface area contributed by atoms with E-state index < -0.39 is 0 Å². The molecule has 10 rings (SSSR count). The highest BCUT2D eigenvalue weighted by atomic mass is 16.3. The molecule has 0 aliphatic heterocycles. The molecule has 0 saturated carbocycles. The van der Waals surface area contributed by atoms with Gasteiger partial charge in [-0.05, 0) is 113 Å². The molecule has 9 aromatic rings. The lowest BCUT2D eigenvalue weighted by molar-refractivity contribution is 0.655. The Balaban J connectivity index is 1.29. The minimum absolute atomic E-state index is 0.190. The van der Waals surface area contributed by atoms with Gasteiger partial charge in [0, 0.05) is 21.6 Å². The summed E-state index contributed by atoms with van der Waals surface area (Å²) in [6, 6.07) is 49.0. The highest BCUT2D eigenvalue weighted by Crippen LogP contribution is 2.53. The summed E-state index contributed by atoms with van der Waals surface area (Å²) in [5, 5.41) is 12.2. The number of benzene rings is 8. The second-order valence-corrected chi connectivity index (χ2v) is 14.4. The van der Waals surface area contributed by atoms with E-state index in [9.17, 15) is 0 Å².